The fraction of sp³-hybridized carbons (Fsp3) is 0.471. The van der Waals surface area contributed by atoms with Crippen LogP contribution in [0.4, 0.5) is 0 Å². The van der Waals surface area contributed by atoms with Crippen molar-refractivity contribution in [2.75, 3.05) is 0 Å². The van der Waals surface area contributed by atoms with Crippen LogP contribution in [0.2, 0.25) is 0 Å². The van der Waals surface area contributed by atoms with Gasteiger partial charge in [-0.3, -0.25) is 4.79 Å². The number of hydrogen-bond acceptors (Lipinski definition) is 2. The third-order valence-corrected chi connectivity index (χ3v) is 3.96. The molecule has 0 aliphatic carbocycles. The van der Waals surface area contributed by atoms with Gasteiger partial charge in [0.25, 0.3) is 0 Å². The largest absolute Gasteiger partial charge is 0.453 e. The van der Waals surface area contributed by atoms with Crippen LogP contribution in [0.5, 0.6) is 5.75 Å². The van der Waals surface area contributed by atoms with Crippen LogP contribution in [0.3, 0.4) is 0 Å². The first-order valence-corrected chi connectivity index (χ1v) is 7.14. The summed E-state index contributed by atoms with van der Waals surface area (Å²) in [6.07, 6.45) is 6.49. The number of benzene rings is 1. The van der Waals surface area contributed by atoms with Crippen molar-refractivity contribution in [2.24, 2.45) is 5.41 Å². The van der Waals surface area contributed by atoms with Gasteiger partial charge in [0.15, 0.2) is 5.76 Å². The number of fused-ring (bicyclic) bond motifs is 1. The predicted molar refractivity (Wildman–Crippen MR) is 77.4 cm³/mol. The van der Waals surface area contributed by atoms with E-state index in [-0.39, 0.29) is 11.2 Å². The lowest BCUT2D eigenvalue weighted by atomic mass is 9.81. The van der Waals surface area contributed by atoms with Crippen LogP contribution in [0, 0.1) is 5.41 Å². The average Bonchev–Trinajstić information content (AvgIpc) is 2.74. The lowest BCUT2D eigenvalue weighted by molar-refractivity contribution is 0.101. The van der Waals surface area contributed by atoms with Crippen LogP contribution in [0.15, 0.2) is 36.1 Å². The number of carbonyl (C=O) groups excluding carboxylic acids is 1. The number of para-hydroxylation sites is 1. The molecule has 1 aromatic carbocycles. The van der Waals surface area contributed by atoms with Gasteiger partial charge in [0.1, 0.15) is 5.75 Å². The highest BCUT2D eigenvalue weighted by molar-refractivity contribution is 6.12. The van der Waals surface area contributed by atoms with E-state index in [2.05, 4.69) is 20.8 Å². The van der Waals surface area contributed by atoms with Crippen LogP contribution in [-0.2, 0) is 0 Å². The van der Waals surface area contributed by atoms with Gasteiger partial charge in [-0.1, -0.05) is 45.7 Å². The Morgan fingerprint density at radius 3 is 2.63 bits per heavy atom. The Labute approximate surface area is 115 Å². The minimum atomic E-state index is 0.0202. The van der Waals surface area contributed by atoms with Gasteiger partial charge >= 0.3 is 0 Å². The molecule has 1 aromatic rings. The van der Waals surface area contributed by atoms with Crippen LogP contribution in [0.1, 0.15) is 56.8 Å². The van der Waals surface area contributed by atoms with Gasteiger partial charge in [0, 0.05) is 0 Å². The Morgan fingerprint density at radius 1 is 1.26 bits per heavy atom. The summed E-state index contributed by atoms with van der Waals surface area (Å²) in [5.41, 5.74) is 0.728. The van der Waals surface area contributed by atoms with E-state index in [1.54, 1.807) is 0 Å². The number of hydrogen-bond donors (Lipinski definition) is 0. The molecule has 19 heavy (non-hydrogen) atoms. The Hall–Kier alpha value is -1.57. The fourth-order valence-corrected chi connectivity index (χ4v) is 2.38. The Kier molecular flexibility index (Phi) is 4.08. The van der Waals surface area contributed by atoms with Crippen LogP contribution in [0.25, 0.3) is 0 Å². The van der Waals surface area contributed by atoms with Crippen molar-refractivity contribution < 1.29 is 9.53 Å². The first-order chi connectivity index (χ1) is 9.09. The van der Waals surface area contributed by atoms with Gasteiger partial charge in [-0.2, -0.15) is 0 Å². The quantitative estimate of drug-likeness (QED) is 0.712. The molecule has 0 spiro atoms. The lowest BCUT2D eigenvalue weighted by Gasteiger charge is -2.24. The van der Waals surface area contributed by atoms with Crippen molar-refractivity contribution in [3.63, 3.8) is 0 Å². The summed E-state index contributed by atoms with van der Waals surface area (Å²) >= 11 is 0. The van der Waals surface area contributed by atoms with Crippen LogP contribution >= 0.6 is 0 Å². The maximum Gasteiger partial charge on any atom is 0.231 e. The maximum absolute atomic E-state index is 12.3. The summed E-state index contributed by atoms with van der Waals surface area (Å²) in [5, 5.41) is 0. The van der Waals surface area contributed by atoms with Gasteiger partial charge in [0.2, 0.25) is 5.78 Å². The van der Waals surface area contributed by atoms with E-state index in [4.69, 9.17) is 4.74 Å². The molecule has 0 amide bonds. The number of ketones is 1. The monoisotopic (exact) mass is 258 g/mol. The summed E-state index contributed by atoms with van der Waals surface area (Å²) in [4.78, 5) is 12.3. The zero-order chi connectivity index (χ0) is 13.9. The van der Waals surface area contributed by atoms with Gasteiger partial charge in [-0.25, -0.2) is 0 Å². The topological polar surface area (TPSA) is 26.3 Å². The van der Waals surface area contributed by atoms with E-state index >= 15 is 0 Å². The molecule has 0 fully saturated rings. The second-order valence-corrected chi connectivity index (χ2v) is 5.55. The standard InChI is InChI=1S/C17H22O2/c1-4-6-11-17(3,5-2)12-15-16(18)13-9-7-8-10-14(13)19-15/h7-10,12H,4-6,11H2,1-3H3/b15-12-/t17-/m0/s1. The molecule has 2 rings (SSSR count). The summed E-state index contributed by atoms with van der Waals surface area (Å²) in [7, 11) is 0. The number of Topliss-reactive ketones (excluding diaryl/α,β-unsaturated/α-hetero) is 1. The van der Waals surface area contributed by atoms with E-state index < -0.39 is 0 Å². The second kappa shape index (κ2) is 5.60. The number of rotatable bonds is 5. The fourth-order valence-electron chi connectivity index (χ4n) is 2.38. The molecule has 2 nitrogen and oxygen atoms in total. The van der Waals surface area contributed by atoms with E-state index in [0.717, 1.165) is 12.8 Å². The third kappa shape index (κ3) is 2.89. The molecule has 0 N–H and O–H groups in total. The summed E-state index contributed by atoms with van der Waals surface area (Å²) in [5.74, 6) is 1.21. The van der Waals surface area contributed by atoms with Crippen molar-refractivity contribution in [3.05, 3.63) is 41.7 Å². The number of allylic oxidation sites excluding steroid dienone is 2. The van der Waals surface area contributed by atoms with Crippen LogP contribution in [-0.4, -0.2) is 5.78 Å². The minimum Gasteiger partial charge on any atom is -0.453 e. The number of ether oxygens (including phenoxy) is 1. The molecule has 1 aliphatic heterocycles. The van der Waals surface area contributed by atoms with E-state index in [0.29, 0.717) is 17.1 Å². The van der Waals surface area contributed by atoms with Gasteiger partial charge in [-0.15, -0.1) is 0 Å². The molecule has 1 heterocycles. The van der Waals surface area contributed by atoms with E-state index in [1.165, 1.54) is 12.8 Å². The molecule has 0 unspecified atom stereocenters. The molecule has 0 saturated heterocycles. The summed E-state index contributed by atoms with van der Waals surface area (Å²) in [6, 6.07) is 7.45. The normalized spacial score (nSPS) is 19.1. The van der Waals surface area contributed by atoms with Crippen molar-refractivity contribution in [1.82, 2.24) is 0 Å². The molecule has 102 valence electrons. The van der Waals surface area contributed by atoms with Gasteiger partial charge in [0.05, 0.1) is 5.56 Å². The first kappa shape index (κ1) is 13.9. The number of carbonyl (C=O) groups is 1. The number of unbranched alkanes of at least 4 members (excludes halogenated alkanes) is 1. The molecule has 1 aliphatic rings. The summed E-state index contributed by atoms with van der Waals surface area (Å²) < 4.78 is 5.71. The SMILES string of the molecule is CCCC[C@@](C)(/C=C1\Oc2ccccc2C1=O)CC. The van der Waals surface area contributed by atoms with Crippen molar-refractivity contribution in [1.29, 1.82) is 0 Å². The Balaban J connectivity index is 2.24. The molecule has 0 radical (unpaired) electrons. The highest BCUT2D eigenvalue weighted by atomic mass is 16.5. The minimum absolute atomic E-state index is 0.0202. The van der Waals surface area contributed by atoms with Gasteiger partial charge < -0.3 is 4.74 Å². The van der Waals surface area contributed by atoms with Crippen molar-refractivity contribution in [2.45, 2.75) is 46.5 Å². The lowest BCUT2D eigenvalue weighted by Crippen LogP contribution is -2.15. The molecule has 0 bridgehead atoms. The van der Waals surface area contributed by atoms with E-state index in [9.17, 15) is 4.79 Å². The zero-order valence-electron chi connectivity index (χ0n) is 12.0. The smallest absolute Gasteiger partial charge is 0.231 e. The predicted octanol–water partition coefficient (Wildman–Crippen LogP) is 4.75. The first-order valence-electron chi connectivity index (χ1n) is 7.14. The van der Waals surface area contributed by atoms with Crippen molar-refractivity contribution >= 4 is 5.78 Å². The molecule has 2 heteroatoms. The summed E-state index contributed by atoms with van der Waals surface area (Å²) in [6.45, 7) is 6.56. The molecular weight excluding hydrogens is 236 g/mol. The Bertz CT molecular complexity index is 502. The van der Waals surface area contributed by atoms with Crippen molar-refractivity contribution in [3.8, 4) is 5.75 Å². The molecular formula is C17H22O2. The molecule has 0 aromatic heterocycles. The maximum atomic E-state index is 12.3. The average molecular weight is 258 g/mol. The van der Waals surface area contributed by atoms with E-state index in [1.807, 2.05) is 30.3 Å². The molecule has 0 saturated carbocycles. The highest BCUT2D eigenvalue weighted by Gasteiger charge is 2.30. The molecule has 1 atom stereocenters. The highest BCUT2D eigenvalue weighted by Crippen LogP contribution is 2.36. The second-order valence-electron chi connectivity index (χ2n) is 5.55. The Morgan fingerprint density at radius 2 is 2.00 bits per heavy atom. The zero-order valence-corrected chi connectivity index (χ0v) is 12.0. The third-order valence-electron chi connectivity index (χ3n) is 3.96. The van der Waals surface area contributed by atoms with Crippen LogP contribution < -0.4 is 4.74 Å². The van der Waals surface area contributed by atoms with Gasteiger partial charge in [-0.05, 0) is 36.5 Å².